The van der Waals surface area contributed by atoms with E-state index in [0.29, 0.717) is 30.3 Å². The van der Waals surface area contributed by atoms with Crippen LogP contribution in [0.5, 0.6) is 17.2 Å². The van der Waals surface area contributed by atoms with Gasteiger partial charge >= 0.3 is 0 Å². The first-order valence-corrected chi connectivity index (χ1v) is 10.3. The van der Waals surface area contributed by atoms with Crippen molar-refractivity contribution in [1.82, 2.24) is 4.98 Å². The third-order valence-corrected chi connectivity index (χ3v) is 4.68. The first-order valence-electron chi connectivity index (χ1n) is 10.3. The van der Waals surface area contributed by atoms with E-state index < -0.39 is 0 Å². The van der Waals surface area contributed by atoms with Crippen LogP contribution in [0.3, 0.4) is 0 Å². The number of unbranched alkanes of at least 4 members (excludes halogenated alkanes) is 2. The van der Waals surface area contributed by atoms with Crippen LogP contribution in [0.4, 0.5) is 5.69 Å². The number of hydrogen-bond acceptors (Lipinski definition) is 4. The molecular formula is C26H26N2O3. The van der Waals surface area contributed by atoms with Crippen LogP contribution < -0.4 is 14.4 Å². The third-order valence-electron chi connectivity index (χ3n) is 4.68. The molecule has 2 aromatic carbocycles. The van der Waals surface area contributed by atoms with E-state index in [4.69, 9.17) is 15.9 Å². The third kappa shape index (κ3) is 6.35. The summed E-state index contributed by atoms with van der Waals surface area (Å²) in [6.07, 6.45) is 11.1. The van der Waals surface area contributed by atoms with Gasteiger partial charge in [0.2, 0.25) is 5.91 Å². The second kappa shape index (κ2) is 11.4. The molecule has 0 radical (unpaired) electrons. The number of para-hydroxylation sites is 2. The summed E-state index contributed by atoms with van der Waals surface area (Å²) < 4.78 is 12.0. The fourth-order valence-electron chi connectivity index (χ4n) is 3.10. The van der Waals surface area contributed by atoms with Gasteiger partial charge in [0.25, 0.3) is 0 Å². The highest BCUT2D eigenvalue weighted by molar-refractivity contribution is 5.93. The van der Waals surface area contributed by atoms with Crippen molar-refractivity contribution < 1.29 is 14.3 Å². The quantitative estimate of drug-likeness (QED) is 0.320. The minimum Gasteiger partial charge on any atom is -0.493 e. The predicted molar refractivity (Wildman–Crippen MR) is 122 cm³/mol. The van der Waals surface area contributed by atoms with E-state index in [2.05, 4.69) is 10.9 Å². The number of rotatable bonds is 10. The highest BCUT2D eigenvalue weighted by Gasteiger charge is 2.19. The number of carbonyl (C=O) groups excluding carboxylic acids is 1. The Bertz CT molecular complexity index is 1030. The molecule has 0 unspecified atom stereocenters. The van der Waals surface area contributed by atoms with E-state index in [1.807, 2.05) is 54.6 Å². The largest absolute Gasteiger partial charge is 0.493 e. The first-order chi connectivity index (χ1) is 15.2. The number of anilines is 1. The van der Waals surface area contributed by atoms with E-state index in [1.165, 1.54) is 6.92 Å². The summed E-state index contributed by atoms with van der Waals surface area (Å²) in [5, 5.41) is 0. The van der Waals surface area contributed by atoms with Gasteiger partial charge in [-0.3, -0.25) is 9.78 Å². The van der Waals surface area contributed by atoms with Crippen LogP contribution in [-0.4, -0.2) is 17.5 Å². The van der Waals surface area contributed by atoms with Crippen molar-refractivity contribution in [1.29, 1.82) is 0 Å². The lowest BCUT2D eigenvalue weighted by molar-refractivity contribution is -0.116. The summed E-state index contributed by atoms with van der Waals surface area (Å²) in [6, 6.07) is 18.9. The number of amides is 1. The van der Waals surface area contributed by atoms with Crippen LogP contribution in [-0.2, 0) is 11.3 Å². The van der Waals surface area contributed by atoms with Crippen LogP contribution in [0.25, 0.3) is 0 Å². The highest BCUT2D eigenvalue weighted by Crippen LogP contribution is 2.33. The van der Waals surface area contributed by atoms with Gasteiger partial charge in [-0.15, -0.1) is 12.3 Å². The van der Waals surface area contributed by atoms with Gasteiger partial charge < -0.3 is 14.4 Å². The molecule has 0 aliphatic rings. The van der Waals surface area contributed by atoms with Crippen molar-refractivity contribution in [2.45, 2.75) is 32.7 Å². The van der Waals surface area contributed by atoms with E-state index in [1.54, 1.807) is 23.4 Å². The summed E-state index contributed by atoms with van der Waals surface area (Å²) in [4.78, 5) is 18.4. The molecule has 0 spiro atoms. The van der Waals surface area contributed by atoms with Gasteiger partial charge in [-0.2, -0.15) is 0 Å². The van der Waals surface area contributed by atoms with Crippen molar-refractivity contribution in [2.24, 2.45) is 0 Å². The zero-order chi connectivity index (χ0) is 21.9. The Balaban J connectivity index is 1.80. The van der Waals surface area contributed by atoms with Crippen molar-refractivity contribution in [3.63, 3.8) is 0 Å². The topological polar surface area (TPSA) is 51.7 Å². The maximum absolute atomic E-state index is 12.6. The van der Waals surface area contributed by atoms with Crippen LogP contribution in [0.15, 0.2) is 73.1 Å². The van der Waals surface area contributed by atoms with Gasteiger partial charge in [-0.25, -0.2) is 0 Å². The van der Waals surface area contributed by atoms with E-state index in [9.17, 15) is 4.79 Å². The lowest BCUT2D eigenvalue weighted by Crippen LogP contribution is -2.28. The zero-order valence-corrected chi connectivity index (χ0v) is 17.7. The maximum atomic E-state index is 12.6. The number of nitrogens with zero attached hydrogens (tertiary/aromatic N) is 2. The fraction of sp³-hybridized carbons (Fsp3) is 0.231. The Labute approximate surface area is 183 Å². The molecular weight excluding hydrogens is 388 g/mol. The molecule has 0 N–H and O–H groups in total. The van der Waals surface area contributed by atoms with Gasteiger partial charge in [0.1, 0.15) is 17.2 Å². The Morgan fingerprint density at radius 1 is 1.03 bits per heavy atom. The normalized spacial score (nSPS) is 10.2. The van der Waals surface area contributed by atoms with Crippen LogP contribution in [0.2, 0.25) is 0 Å². The molecule has 158 valence electrons. The smallest absolute Gasteiger partial charge is 0.224 e. The van der Waals surface area contributed by atoms with E-state index >= 15 is 0 Å². The molecule has 0 aliphatic carbocycles. The number of ether oxygens (including phenoxy) is 2. The number of hydrogen-bond donors (Lipinski definition) is 0. The Kier molecular flexibility index (Phi) is 8.07. The Hall–Kier alpha value is -3.78. The molecule has 5 nitrogen and oxygen atoms in total. The molecule has 31 heavy (non-hydrogen) atoms. The molecule has 5 heteroatoms. The van der Waals surface area contributed by atoms with Gasteiger partial charge in [0.05, 0.1) is 19.3 Å². The summed E-state index contributed by atoms with van der Waals surface area (Å²) >= 11 is 0. The molecule has 3 aromatic rings. The number of pyridine rings is 1. The second-order valence-corrected chi connectivity index (χ2v) is 6.98. The summed E-state index contributed by atoms with van der Waals surface area (Å²) in [5.74, 6) is 4.53. The summed E-state index contributed by atoms with van der Waals surface area (Å²) in [5.41, 5.74) is 1.51. The van der Waals surface area contributed by atoms with Crippen molar-refractivity contribution in [2.75, 3.05) is 11.5 Å². The highest BCUT2D eigenvalue weighted by atomic mass is 16.5. The minimum absolute atomic E-state index is 0.116. The second-order valence-electron chi connectivity index (χ2n) is 6.98. The number of carbonyl (C=O) groups is 1. The molecule has 1 amide bonds. The maximum Gasteiger partial charge on any atom is 0.224 e. The molecule has 0 saturated heterocycles. The van der Waals surface area contributed by atoms with Crippen LogP contribution in [0, 0.1) is 12.3 Å². The molecule has 0 aliphatic heterocycles. The average Bonchev–Trinajstić information content (AvgIpc) is 2.79. The van der Waals surface area contributed by atoms with Crippen molar-refractivity contribution in [3.05, 3.63) is 78.6 Å². The van der Waals surface area contributed by atoms with E-state index in [-0.39, 0.29) is 5.91 Å². The molecule has 0 saturated carbocycles. The molecule has 0 bridgehead atoms. The zero-order valence-electron chi connectivity index (χ0n) is 17.7. The fourth-order valence-corrected chi connectivity index (χ4v) is 3.10. The molecule has 0 fully saturated rings. The molecule has 0 atom stereocenters. The lowest BCUT2D eigenvalue weighted by Gasteiger charge is -2.24. The first kappa shape index (κ1) is 21.9. The van der Waals surface area contributed by atoms with Crippen molar-refractivity contribution >= 4 is 11.6 Å². The summed E-state index contributed by atoms with van der Waals surface area (Å²) in [6.45, 7) is 2.45. The predicted octanol–water partition coefficient (Wildman–Crippen LogP) is 5.61. The monoisotopic (exact) mass is 414 g/mol. The number of aromatic nitrogens is 1. The molecule has 1 aromatic heterocycles. The Morgan fingerprint density at radius 2 is 1.81 bits per heavy atom. The standard InChI is InChI=1S/C26H26N2O3/c1-3-4-5-11-18-30-25-15-10-9-12-22(25)20-28(21(2)29)24-19-27-17-16-26(24)31-23-13-7-6-8-14-23/h1,6-10,12-17,19H,4-5,11,18,20H2,2H3. The van der Waals surface area contributed by atoms with Crippen molar-refractivity contribution in [3.8, 4) is 29.6 Å². The van der Waals surface area contributed by atoms with Crippen LogP contribution in [0.1, 0.15) is 31.7 Å². The lowest BCUT2D eigenvalue weighted by atomic mass is 10.1. The van der Waals surface area contributed by atoms with Gasteiger partial charge in [0, 0.05) is 31.2 Å². The SMILES string of the molecule is C#CCCCCOc1ccccc1CN(C(C)=O)c1cnccc1Oc1ccccc1. The minimum atomic E-state index is -0.116. The van der Waals surface area contributed by atoms with Crippen LogP contribution >= 0.6 is 0 Å². The number of benzene rings is 2. The number of terminal acetylenes is 1. The average molecular weight is 415 g/mol. The Morgan fingerprint density at radius 3 is 2.58 bits per heavy atom. The van der Waals surface area contributed by atoms with Gasteiger partial charge in [0.15, 0.2) is 5.75 Å². The van der Waals surface area contributed by atoms with Gasteiger partial charge in [-0.1, -0.05) is 36.4 Å². The molecule has 3 rings (SSSR count). The van der Waals surface area contributed by atoms with Gasteiger partial charge in [-0.05, 0) is 31.0 Å². The van der Waals surface area contributed by atoms with E-state index in [0.717, 1.165) is 30.6 Å². The molecule has 1 heterocycles. The summed E-state index contributed by atoms with van der Waals surface area (Å²) in [7, 11) is 0.